The van der Waals surface area contributed by atoms with Gasteiger partial charge in [-0.2, -0.15) is 0 Å². The highest BCUT2D eigenvalue weighted by atomic mass is 127. The summed E-state index contributed by atoms with van der Waals surface area (Å²) in [7, 11) is 1.52. The van der Waals surface area contributed by atoms with Gasteiger partial charge < -0.3 is 4.74 Å². The molecule has 4 nitrogen and oxygen atoms in total. The topological polar surface area (TPSA) is 64.3 Å². The van der Waals surface area contributed by atoms with Crippen LogP contribution in [0.1, 0.15) is 10.4 Å². The van der Waals surface area contributed by atoms with Crippen LogP contribution in [0.3, 0.4) is 0 Å². The molecule has 0 aliphatic heterocycles. The summed E-state index contributed by atoms with van der Waals surface area (Å²) >= 11 is 2.09. The Bertz CT molecular complexity index is 328. The molecule has 13 heavy (non-hydrogen) atoms. The number of halogens is 1. The second kappa shape index (κ2) is 4.43. The number of benzene rings is 1. The van der Waals surface area contributed by atoms with Crippen molar-refractivity contribution in [3.63, 3.8) is 0 Å². The Morgan fingerprint density at radius 1 is 1.62 bits per heavy atom. The highest BCUT2D eigenvalue weighted by Gasteiger charge is 2.12. The summed E-state index contributed by atoms with van der Waals surface area (Å²) in [6.07, 6.45) is 0. The fourth-order valence-corrected chi connectivity index (χ4v) is 1.69. The van der Waals surface area contributed by atoms with E-state index in [1.807, 2.05) is 6.07 Å². The third-order valence-corrected chi connectivity index (χ3v) is 2.40. The quantitative estimate of drug-likeness (QED) is 0.368. The number of amides is 1. The molecule has 1 aromatic carbocycles. The van der Waals surface area contributed by atoms with Gasteiger partial charge in [-0.15, -0.1) is 0 Å². The van der Waals surface area contributed by atoms with Gasteiger partial charge in [0.2, 0.25) is 0 Å². The maximum Gasteiger partial charge on any atom is 0.268 e. The number of hydrazine groups is 1. The number of hydrogen-bond acceptors (Lipinski definition) is 3. The van der Waals surface area contributed by atoms with Gasteiger partial charge in [0.15, 0.2) is 0 Å². The highest BCUT2D eigenvalue weighted by Crippen LogP contribution is 2.24. The summed E-state index contributed by atoms with van der Waals surface area (Å²) < 4.78 is 5.95. The van der Waals surface area contributed by atoms with Crippen LogP contribution in [0.25, 0.3) is 0 Å². The van der Waals surface area contributed by atoms with Gasteiger partial charge in [-0.05, 0) is 34.7 Å². The first-order valence-corrected chi connectivity index (χ1v) is 4.62. The number of hydrogen-bond donors (Lipinski definition) is 2. The van der Waals surface area contributed by atoms with Crippen molar-refractivity contribution in [3.8, 4) is 5.75 Å². The number of ether oxygens (including phenoxy) is 1. The number of nitrogens with one attached hydrogen (secondary N) is 1. The fraction of sp³-hybridized carbons (Fsp3) is 0.125. The molecule has 0 fully saturated rings. The zero-order valence-electron chi connectivity index (χ0n) is 7.00. The third kappa shape index (κ3) is 2.10. The zero-order chi connectivity index (χ0) is 9.84. The maximum absolute atomic E-state index is 11.2. The van der Waals surface area contributed by atoms with Crippen LogP contribution in [0.2, 0.25) is 0 Å². The van der Waals surface area contributed by atoms with Crippen LogP contribution in [-0.4, -0.2) is 13.0 Å². The molecule has 0 heterocycles. The molecule has 0 saturated carbocycles. The molecule has 0 bridgehead atoms. The maximum atomic E-state index is 11.2. The SMILES string of the molecule is COc1c(I)cccc1C(=O)NN. The lowest BCUT2D eigenvalue weighted by Crippen LogP contribution is -2.30. The molecule has 0 atom stereocenters. The minimum absolute atomic E-state index is 0.352. The van der Waals surface area contributed by atoms with E-state index in [-0.39, 0.29) is 5.91 Å². The monoisotopic (exact) mass is 292 g/mol. The lowest BCUT2D eigenvalue weighted by molar-refractivity contribution is 0.0950. The van der Waals surface area contributed by atoms with Gasteiger partial charge in [0.25, 0.3) is 5.91 Å². The van der Waals surface area contributed by atoms with Gasteiger partial charge in [0.05, 0.1) is 16.2 Å². The summed E-state index contributed by atoms with van der Waals surface area (Å²) in [5, 5.41) is 0. The molecule has 0 saturated heterocycles. The molecule has 0 unspecified atom stereocenters. The predicted molar refractivity (Wildman–Crippen MR) is 57.4 cm³/mol. The molecule has 0 aromatic heterocycles. The standard InChI is InChI=1S/C8H9IN2O2/c1-13-7-5(8(12)11-10)3-2-4-6(7)9/h2-4H,10H2,1H3,(H,11,12). The molecule has 1 amide bonds. The summed E-state index contributed by atoms with van der Waals surface area (Å²) in [6, 6.07) is 5.28. The Morgan fingerprint density at radius 2 is 2.31 bits per heavy atom. The molecule has 1 aromatic rings. The number of nitrogen functional groups attached to an aromatic ring is 1. The second-order valence-corrected chi connectivity index (χ2v) is 3.46. The minimum Gasteiger partial charge on any atom is -0.495 e. The normalized spacial score (nSPS) is 9.46. The van der Waals surface area contributed by atoms with E-state index in [1.54, 1.807) is 12.1 Å². The summed E-state index contributed by atoms with van der Waals surface area (Å²) in [4.78, 5) is 11.2. The minimum atomic E-state index is -0.352. The van der Waals surface area contributed by atoms with Crippen molar-refractivity contribution in [2.45, 2.75) is 0 Å². The van der Waals surface area contributed by atoms with Crippen LogP contribution < -0.4 is 16.0 Å². The van der Waals surface area contributed by atoms with Crippen LogP contribution in [0.15, 0.2) is 18.2 Å². The van der Waals surface area contributed by atoms with Gasteiger partial charge >= 0.3 is 0 Å². The number of para-hydroxylation sites is 1. The van der Waals surface area contributed by atoms with Crippen molar-refractivity contribution in [2.24, 2.45) is 5.84 Å². The number of carbonyl (C=O) groups excluding carboxylic acids is 1. The molecule has 0 aliphatic carbocycles. The van der Waals surface area contributed by atoms with Crippen LogP contribution in [0, 0.1) is 3.57 Å². The van der Waals surface area contributed by atoms with Gasteiger partial charge in [-0.25, -0.2) is 5.84 Å². The first-order valence-electron chi connectivity index (χ1n) is 3.54. The molecular weight excluding hydrogens is 283 g/mol. The smallest absolute Gasteiger partial charge is 0.268 e. The van der Waals surface area contributed by atoms with E-state index < -0.39 is 0 Å². The van der Waals surface area contributed by atoms with Crippen LogP contribution in [-0.2, 0) is 0 Å². The third-order valence-electron chi connectivity index (χ3n) is 1.55. The van der Waals surface area contributed by atoms with Crippen molar-refractivity contribution < 1.29 is 9.53 Å². The number of carbonyl (C=O) groups is 1. The van der Waals surface area contributed by atoms with Crippen molar-refractivity contribution in [2.75, 3.05) is 7.11 Å². The first-order chi connectivity index (χ1) is 6.20. The summed E-state index contributed by atoms with van der Waals surface area (Å²) in [5.41, 5.74) is 2.50. The first kappa shape index (κ1) is 10.3. The largest absolute Gasteiger partial charge is 0.495 e. The van der Waals surface area contributed by atoms with Gasteiger partial charge in [-0.3, -0.25) is 10.2 Å². The Hall–Kier alpha value is -0.820. The Morgan fingerprint density at radius 3 is 2.85 bits per heavy atom. The van der Waals surface area contributed by atoms with Crippen LogP contribution in [0.5, 0.6) is 5.75 Å². The fourth-order valence-electron chi connectivity index (χ4n) is 0.973. The summed E-state index contributed by atoms with van der Waals surface area (Å²) in [5.74, 6) is 5.22. The van der Waals surface area contributed by atoms with E-state index >= 15 is 0 Å². The summed E-state index contributed by atoms with van der Waals surface area (Å²) in [6.45, 7) is 0. The van der Waals surface area contributed by atoms with Crippen molar-refractivity contribution in [1.82, 2.24) is 5.43 Å². The Labute approximate surface area is 89.6 Å². The molecule has 3 N–H and O–H groups in total. The molecule has 70 valence electrons. The molecular formula is C8H9IN2O2. The second-order valence-electron chi connectivity index (χ2n) is 2.29. The number of nitrogens with two attached hydrogens (primary N) is 1. The molecule has 1 rings (SSSR count). The van der Waals surface area contributed by atoms with Crippen molar-refractivity contribution >= 4 is 28.5 Å². The highest BCUT2D eigenvalue weighted by molar-refractivity contribution is 14.1. The molecule has 0 aliphatic rings. The van der Waals surface area contributed by atoms with Crippen LogP contribution >= 0.6 is 22.6 Å². The lowest BCUT2D eigenvalue weighted by Gasteiger charge is -2.08. The Kier molecular flexibility index (Phi) is 3.49. The zero-order valence-corrected chi connectivity index (χ0v) is 9.16. The van der Waals surface area contributed by atoms with E-state index in [0.29, 0.717) is 11.3 Å². The number of rotatable bonds is 2. The van der Waals surface area contributed by atoms with E-state index in [4.69, 9.17) is 10.6 Å². The van der Waals surface area contributed by atoms with Gasteiger partial charge in [-0.1, -0.05) is 6.07 Å². The van der Waals surface area contributed by atoms with Crippen LogP contribution in [0.4, 0.5) is 0 Å². The van der Waals surface area contributed by atoms with E-state index in [9.17, 15) is 4.79 Å². The average Bonchev–Trinajstić information content (AvgIpc) is 2.16. The molecule has 0 spiro atoms. The molecule has 5 heteroatoms. The van der Waals surface area contributed by atoms with Crippen molar-refractivity contribution in [1.29, 1.82) is 0 Å². The average molecular weight is 292 g/mol. The van der Waals surface area contributed by atoms with E-state index in [1.165, 1.54) is 7.11 Å². The van der Waals surface area contributed by atoms with Gasteiger partial charge in [0, 0.05) is 0 Å². The van der Waals surface area contributed by atoms with Crippen molar-refractivity contribution in [3.05, 3.63) is 27.3 Å². The number of methoxy groups -OCH3 is 1. The van der Waals surface area contributed by atoms with E-state index in [2.05, 4.69) is 28.0 Å². The Balaban J connectivity index is 3.20. The van der Waals surface area contributed by atoms with E-state index in [0.717, 1.165) is 3.57 Å². The predicted octanol–water partition coefficient (Wildman–Crippen LogP) is 0.903. The lowest BCUT2D eigenvalue weighted by atomic mass is 10.2. The van der Waals surface area contributed by atoms with Gasteiger partial charge in [0.1, 0.15) is 5.75 Å². The molecule has 0 radical (unpaired) electrons.